The quantitative estimate of drug-likeness (QED) is 0.225. The third kappa shape index (κ3) is 8.17. The molecule has 2 aromatic rings. The summed E-state index contributed by atoms with van der Waals surface area (Å²) in [6, 6.07) is 13.1. The van der Waals surface area contributed by atoms with E-state index in [1.54, 1.807) is 0 Å². The lowest BCUT2D eigenvalue weighted by atomic mass is 9.88. The number of thioether (sulfide) groups is 1. The van der Waals surface area contributed by atoms with Crippen LogP contribution < -0.4 is 27.0 Å². The van der Waals surface area contributed by atoms with E-state index in [2.05, 4.69) is 27.8 Å². The molecule has 0 unspecified atom stereocenters. The Kier molecular flexibility index (Phi) is 10.3. The summed E-state index contributed by atoms with van der Waals surface area (Å²) in [5, 5.41) is 16.0. The zero-order valence-corrected chi connectivity index (χ0v) is 23.3. The molecule has 0 radical (unpaired) electrons. The van der Waals surface area contributed by atoms with E-state index in [1.807, 2.05) is 72.2 Å². The Labute approximate surface area is 239 Å². The maximum Gasteiger partial charge on any atom is 0.244 e. The van der Waals surface area contributed by atoms with Gasteiger partial charge in [-0.1, -0.05) is 84.6 Å². The lowest BCUT2D eigenvalue weighted by Gasteiger charge is -2.34. The normalized spacial score (nSPS) is 21.3. The zero-order valence-electron chi connectivity index (χ0n) is 22.5. The highest BCUT2D eigenvalue weighted by atomic mass is 32.2. The van der Waals surface area contributed by atoms with Crippen molar-refractivity contribution in [1.82, 2.24) is 21.3 Å². The molecule has 2 atom stereocenters. The molecule has 1 fully saturated rings. The van der Waals surface area contributed by atoms with E-state index in [0.717, 1.165) is 26.8 Å². The minimum atomic E-state index is -1.05. The number of nitrogens with two attached hydrogens (primary N) is 1. The third-order valence-electron chi connectivity index (χ3n) is 7.16. The Morgan fingerprint density at radius 3 is 2.62 bits per heavy atom. The number of carbonyl (C=O) groups is 3. The molecule has 2 aliphatic heterocycles. The van der Waals surface area contributed by atoms with Crippen LogP contribution in [0.1, 0.15) is 31.2 Å². The predicted molar refractivity (Wildman–Crippen MR) is 162 cm³/mol. The number of carbonyl (C=O) groups excluding carboxylic acids is 3. The Bertz CT molecular complexity index is 1330. The highest BCUT2D eigenvalue weighted by Gasteiger charge is 2.37. The summed E-state index contributed by atoms with van der Waals surface area (Å²) >= 11 is 1.50. The second-order valence-electron chi connectivity index (χ2n) is 10.2. The summed E-state index contributed by atoms with van der Waals surface area (Å²) in [6.07, 6.45) is 10.1. The molecule has 8 nitrogen and oxygen atoms in total. The van der Waals surface area contributed by atoms with Gasteiger partial charge in [0, 0.05) is 17.7 Å². The van der Waals surface area contributed by atoms with E-state index in [9.17, 15) is 14.4 Å². The molecular formula is C31H37N5O3S. The van der Waals surface area contributed by atoms with Gasteiger partial charge < -0.3 is 27.0 Å². The van der Waals surface area contributed by atoms with Crippen LogP contribution in [0.3, 0.4) is 0 Å². The van der Waals surface area contributed by atoms with Crippen molar-refractivity contribution in [2.45, 2.75) is 49.9 Å². The van der Waals surface area contributed by atoms with Gasteiger partial charge in [0.05, 0.1) is 5.54 Å². The Morgan fingerprint density at radius 2 is 1.85 bits per heavy atom. The van der Waals surface area contributed by atoms with E-state index in [1.165, 1.54) is 11.8 Å². The predicted octanol–water partition coefficient (Wildman–Crippen LogP) is 3.17. The van der Waals surface area contributed by atoms with Crippen LogP contribution in [0.2, 0.25) is 0 Å². The maximum atomic E-state index is 13.7. The van der Waals surface area contributed by atoms with Crippen molar-refractivity contribution in [2.75, 3.05) is 13.1 Å². The fourth-order valence-corrected chi connectivity index (χ4v) is 5.49. The average Bonchev–Trinajstić information content (AvgIpc) is 3.05. The molecule has 2 aromatic carbocycles. The van der Waals surface area contributed by atoms with Gasteiger partial charge in [0.25, 0.3) is 0 Å². The monoisotopic (exact) mass is 559 g/mol. The number of nitrogens with one attached hydrogen (secondary N) is 4. The van der Waals surface area contributed by atoms with Crippen molar-refractivity contribution >= 4 is 40.8 Å². The fraction of sp³-hybridized carbons (Fsp3) is 0.323. The molecule has 40 heavy (non-hydrogen) atoms. The van der Waals surface area contributed by atoms with Crippen LogP contribution >= 0.6 is 11.8 Å². The summed E-state index contributed by atoms with van der Waals surface area (Å²) in [5.41, 5.74) is 7.36. The lowest BCUT2D eigenvalue weighted by molar-refractivity contribution is -0.133. The van der Waals surface area contributed by atoms with Crippen LogP contribution in [-0.4, -0.2) is 49.1 Å². The fourth-order valence-electron chi connectivity index (χ4n) is 4.82. The standard InChI is InChI=1S/C31H37N5O3S/c1-22-7-3-2-4-8-24(20-40-22)19-28(34-21-37)36-29(38)27(35-30(39)31(32)13-15-33-16-14-31)18-23-11-12-25-9-5-6-10-26(25)17-23/h2-7,9-12,17,20-21,27-28,33H,1,8,13-16,18-19,32H2,(H,34,37)(H,35,39)(H,36,38)/b4-2-,7-3-,24-20+/t27-,28-/m1/s1. The molecule has 0 aliphatic carbocycles. The molecule has 9 heteroatoms. The van der Waals surface area contributed by atoms with E-state index in [-0.39, 0.29) is 12.3 Å². The SMILES string of the molecule is C=C1/C=C\C=C/C/C(C[C@H](NC=O)NC(=O)[C@@H](Cc2ccc3ccccc3c2)NC(=O)C2(N)CCNCC2)=C\S1. The maximum absolute atomic E-state index is 13.7. The second-order valence-corrected chi connectivity index (χ2v) is 11.2. The van der Waals surface area contributed by atoms with Crippen molar-refractivity contribution in [3.63, 3.8) is 0 Å². The third-order valence-corrected chi connectivity index (χ3v) is 8.05. The van der Waals surface area contributed by atoms with Gasteiger partial charge in [0.2, 0.25) is 18.2 Å². The molecule has 6 N–H and O–H groups in total. The molecule has 3 amide bonds. The number of piperidine rings is 1. The number of amides is 3. The Morgan fingerprint density at radius 1 is 1.07 bits per heavy atom. The van der Waals surface area contributed by atoms with Crippen molar-refractivity contribution in [1.29, 1.82) is 0 Å². The molecule has 0 spiro atoms. The smallest absolute Gasteiger partial charge is 0.244 e. The summed E-state index contributed by atoms with van der Waals surface area (Å²) in [4.78, 5) is 39.4. The molecule has 210 valence electrons. The van der Waals surface area contributed by atoms with Gasteiger partial charge in [-0.25, -0.2) is 0 Å². The molecule has 0 saturated carbocycles. The molecular weight excluding hydrogens is 522 g/mol. The average molecular weight is 560 g/mol. The van der Waals surface area contributed by atoms with Crippen LogP contribution in [0.25, 0.3) is 10.8 Å². The molecule has 1 saturated heterocycles. The minimum absolute atomic E-state index is 0.275. The molecule has 2 heterocycles. The van der Waals surface area contributed by atoms with Crippen molar-refractivity contribution < 1.29 is 14.4 Å². The molecule has 0 aromatic heterocycles. The van der Waals surface area contributed by atoms with Crippen molar-refractivity contribution in [2.24, 2.45) is 5.73 Å². The number of rotatable bonds is 10. The second kappa shape index (κ2) is 14.1. The van der Waals surface area contributed by atoms with Gasteiger partial charge in [-0.15, -0.1) is 0 Å². The number of hydrogen-bond donors (Lipinski definition) is 5. The number of hydrogen-bond acceptors (Lipinski definition) is 6. The van der Waals surface area contributed by atoms with Crippen LogP contribution in [-0.2, 0) is 20.8 Å². The van der Waals surface area contributed by atoms with Crippen LogP contribution in [0, 0.1) is 0 Å². The Balaban J connectivity index is 1.53. The summed E-state index contributed by atoms with van der Waals surface area (Å²) in [6.45, 7) is 5.29. The molecule has 2 aliphatic rings. The van der Waals surface area contributed by atoms with Gasteiger partial charge in [-0.2, -0.15) is 0 Å². The van der Waals surface area contributed by atoms with E-state index in [4.69, 9.17) is 5.73 Å². The van der Waals surface area contributed by atoms with E-state index in [0.29, 0.717) is 45.2 Å². The first-order valence-electron chi connectivity index (χ1n) is 13.5. The van der Waals surface area contributed by atoms with Gasteiger partial charge in [-0.05, 0) is 60.2 Å². The number of fused-ring (bicyclic) bond motifs is 1. The van der Waals surface area contributed by atoms with Crippen LogP contribution in [0.5, 0.6) is 0 Å². The minimum Gasteiger partial charge on any atom is -0.342 e. The number of allylic oxidation sites excluding steroid dienone is 4. The van der Waals surface area contributed by atoms with Gasteiger partial charge in [0.1, 0.15) is 12.2 Å². The highest BCUT2D eigenvalue weighted by molar-refractivity contribution is 8.06. The first-order chi connectivity index (χ1) is 19.4. The first-order valence-corrected chi connectivity index (χ1v) is 14.4. The topological polar surface area (TPSA) is 125 Å². The van der Waals surface area contributed by atoms with Crippen molar-refractivity contribution in [3.05, 3.63) is 94.8 Å². The van der Waals surface area contributed by atoms with Gasteiger partial charge in [-0.3, -0.25) is 14.4 Å². The van der Waals surface area contributed by atoms with Crippen molar-refractivity contribution in [3.8, 4) is 0 Å². The summed E-state index contributed by atoms with van der Waals surface area (Å²) in [5.74, 6) is -0.738. The highest BCUT2D eigenvalue weighted by Crippen LogP contribution is 2.24. The van der Waals surface area contributed by atoms with Gasteiger partial charge in [0.15, 0.2) is 0 Å². The first kappa shape index (κ1) is 29.3. The van der Waals surface area contributed by atoms with Crippen LogP contribution in [0.4, 0.5) is 0 Å². The van der Waals surface area contributed by atoms with Crippen LogP contribution in [0.15, 0.2) is 89.2 Å². The lowest BCUT2D eigenvalue weighted by Crippen LogP contribution is -2.63. The largest absolute Gasteiger partial charge is 0.342 e. The molecule has 4 rings (SSSR count). The zero-order chi connectivity index (χ0) is 28.4. The van der Waals surface area contributed by atoms with E-state index < -0.39 is 23.7 Å². The number of benzene rings is 2. The van der Waals surface area contributed by atoms with E-state index >= 15 is 0 Å². The summed E-state index contributed by atoms with van der Waals surface area (Å²) < 4.78 is 0. The Hall–Kier alpha value is -3.66. The van der Waals surface area contributed by atoms with Gasteiger partial charge >= 0.3 is 0 Å². The molecule has 0 bridgehead atoms. The summed E-state index contributed by atoms with van der Waals surface area (Å²) in [7, 11) is 0.